The van der Waals surface area contributed by atoms with E-state index in [1.54, 1.807) is 6.20 Å². The first-order chi connectivity index (χ1) is 7.66. The zero-order valence-corrected chi connectivity index (χ0v) is 11.7. The first-order valence-electron chi connectivity index (χ1n) is 5.94. The molecule has 0 bridgehead atoms. The first-order valence-corrected chi connectivity index (χ1v) is 5.94. The number of hydrogen-bond donors (Lipinski definition) is 1. The Bertz CT molecular complexity index is 364. The predicted molar refractivity (Wildman–Crippen MR) is 67.8 cm³/mol. The minimum Gasteiger partial charge on any atom is -0.444 e. The average Bonchev–Trinajstić information content (AvgIpc) is 2.65. The highest BCUT2D eigenvalue weighted by Gasteiger charge is 2.25. The van der Waals surface area contributed by atoms with Crippen molar-refractivity contribution in [3.63, 3.8) is 0 Å². The van der Waals surface area contributed by atoms with Crippen molar-refractivity contribution in [1.82, 2.24) is 9.88 Å². The lowest BCUT2D eigenvalue weighted by Gasteiger charge is -2.32. The molecule has 1 N–H and O–H groups in total. The largest absolute Gasteiger partial charge is 0.444 e. The fourth-order valence-corrected chi connectivity index (χ4v) is 1.27. The van der Waals surface area contributed by atoms with Crippen LogP contribution in [-0.4, -0.2) is 34.2 Å². The highest BCUT2D eigenvalue weighted by atomic mass is 16.4. The summed E-state index contributed by atoms with van der Waals surface area (Å²) in [5.41, 5.74) is -0.285. The molecule has 0 unspecified atom stereocenters. The van der Waals surface area contributed by atoms with E-state index in [1.807, 2.05) is 25.8 Å². The molecule has 4 nitrogen and oxygen atoms in total. The van der Waals surface area contributed by atoms with E-state index in [1.165, 1.54) is 0 Å². The molecular weight excluding hydrogens is 216 g/mol. The second-order valence-electron chi connectivity index (χ2n) is 6.19. The summed E-state index contributed by atoms with van der Waals surface area (Å²) in [6.07, 6.45) is 1.79. The van der Waals surface area contributed by atoms with Gasteiger partial charge in [-0.25, -0.2) is 4.98 Å². The van der Waals surface area contributed by atoms with Gasteiger partial charge in [-0.05, 0) is 20.9 Å². The molecule has 0 aliphatic carbocycles. The number of aliphatic hydroxyl groups is 1. The van der Waals surface area contributed by atoms with Crippen LogP contribution in [0.2, 0.25) is 0 Å². The molecule has 0 amide bonds. The van der Waals surface area contributed by atoms with Crippen molar-refractivity contribution >= 4 is 0 Å². The monoisotopic (exact) mass is 240 g/mol. The minimum absolute atomic E-state index is 0.0175. The summed E-state index contributed by atoms with van der Waals surface area (Å²) >= 11 is 0. The van der Waals surface area contributed by atoms with E-state index in [2.05, 4.69) is 25.8 Å². The van der Waals surface area contributed by atoms with Gasteiger partial charge in [0.2, 0.25) is 5.89 Å². The van der Waals surface area contributed by atoms with Crippen LogP contribution in [0, 0.1) is 0 Å². The summed E-state index contributed by atoms with van der Waals surface area (Å²) in [6.45, 7) is 11.0. The Labute approximate surface area is 104 Å². The van der Waals surface area contributed by atoms with E-state index in [-0.39, 0.29) is 17.6 Å². The van der Waals surface area contributed by atoms with Gasteiger partial charge in [-0.3, -0.25) is 4.90 Å². The maximum absolute atomic E-state index is 9.28. The molecule has 0 aliphatic rings. The Hall–Kier alpha value is -0.870. The predicted octanol–water partition coefficient (Wildman–Crippen LogP) is 2.17. The van der Waals surface area contributed by atoms with E-state index >= 15 is 0 Å². The molecule has 0 fully saturated rings. The first kappa shape index (κ1) is 14.2. The maximum Gasteiger partial charge on any atom is 0.208 e. The number of nitrogens with zero attached hydrogens (tertiary/aromatic N) is 2. The third kappa shape index (κ3) is 3.54. The molecule has 0 radical (unpaired) electrons. The highest BCUT2D eigenvalue weighted by Crippen LogP contribution is 2.23. The van der Waals surface area contributed by atoms with Crippen LogP contribution in [0.4, 0.5) is 0 Å². The summed E-state index contributed by atoms with van der Waals surface area (Å²) in [5, 5.41) is 9.28. The zero-order valence-electron chi connectivity index (χ0n) is 11.7. The number of oxazole rings is 1. The molecule has 1 aromatic heterocycles. The van der Waals surface area contributed by atoms with Gasteiger partial charge in [0.1, 0.15) is 5.76 Å². The van der Waals surface area contributed by atoms with Crippen LogP contribution >= 0.6 is 0 Å². The quantitative estimate of drug-likeness (QED) is 0.876. The molecule has 0 aliphatic heterocycles. The molecular formula is C13H24N2O2. The lowest BCUT2D eigenvalue weighted by Crippen LogP contribution is -2.43. The molecule has 0 spiro atoms. The van der Waals surface area contributed by atoms with Gasteiger partial charge < -0.3 is 9.52 Å². The summed E-state index contributed by atoms with van der Waals surface area (Å²) in [5.74, 6) is 1.58. The van der Waals surface area contributed by atoms with Gasteiger partial charge in [-0.1, -0.05) is 20.8 Å². The number of aliphatic hydroxyl groups excluding tert-OH is 1. The van der Waals surface area contributed by atoms with E-state index in [0.29, 0.717) is 12.4 Å². The van der Waals surface area contributed by atoms with Crippen LogP contribution in [0.1, 0.15) is 46.3 Å². The van der Waals surface area contributed by atoms with Crippen molar-refractivity contribution in [2.75, 3.05) is 13.7 Å². The summed E-state index contributed by atoms with van der Waals surface area (Å²) in [4.78, 5) is 6.31. The number of rotatable bonds is 4. The Balaban J connectivity index is 2.74. The van der Waals surface area contributed by atoms with Crippen molar-refractivity contribution in [1.29, 1.82) is 0 Å². The van der Waals surface area contributed by atoms with Gasteiger partial charge in [-0.2, -0.15) is 0 Å². The van der Waals surface area contributed by atoms with E-state index in [4.69, 9.17) is 4.42 Å². The molecule has 0 saturated carbocycles. The van der Waals surface area contributed by atoms with E-state index < -0.39 is 0 Å². The molecule has 1 aromatic rings. The topological polar surface area (TPSA) is 49.5 Å². The Kier molecular flexibility index (Phi) is 3.99. The molecule has 4 heteroatoms. The van der Waals surface area contributed by atoms with Gasteiger partial charge in [0.25, 0.3) is 0 Å². The molecule has 0 atom stereocenters. The van der Waals surface area contributed by atoms with Crippen molar-refractivity contribution in [2.45, 2.75) is 52.1 Å². The number of aromatic nitrogens is 1. The van der Waals surface area contributed by atoms with Gasteiger partial charge in [0.15, 0.2) is 0 Å². The van der Waals surface area contributed by atoms with Gasteiger partial charge in [0.05, 0.1) is 19.3 Å². The van der Waals surface area contributed by atoms with Gasteiger partial charge in [-0.15, -0.1) is 0 Å². The highest BCUT2D eigenvalue weighted by molar-refractivity contribution is 5.06. The van der Waals surface area contributed by atoms with Crippen LogP contribution in [0.3, 0.4) is 0 Å². The van der Waals surface area contributed by atoms with Crippen molar-refractivity contribution in [3.05, 3.63) is 17.8 Å². The lowest BCUT2D eigenvalue weighted by atomic mass is 9.94. The van der Waals surface area contributed by atoms with Crippen LogP contribution in [0.5, 0.6) is 0 Å². The normalized spacial score (nSPS) is 13.4. The van der Waals surface area contributed by atoms with Crippen molar-refractivity contribution in [3.8, 4) is 0 Å². The van der Waals surface area contributed by atoms with Crippen molar-refractivity contribution < 1.29 is 9.52 Å². The molecule has 1 heterocycles. The van der Waals surface area contributed by atoms with Crippen LogP contribution in [0.15, 0.2) is 10.6 Å². The fourth-order valence-electron chi connectivity index (χ4n) is 1.27. The summed E-state index contributed by atoms with van der Waals surface area (Å²) < 4.78 is 5.72. The van der Waals surface area contributed by atoms with Crippen LogP contribution in [0.25, 0.3) is 0 Å². The molecule has 0 aromatic carbocycles. The smallest absolute Gasteiger partial charge is 0.208 e. The molecule has 0 saturated heterocycles. The number of likely N-dealkylation sites (N-methyl/N-ethyl adjacent to an activating group) is 1. The lowest BCUT2D eigenvalue weighted by molar-refractivity contribution is 0.0662. The van der Waals surface area contributed by atoms with Gasteiger partial charge >= 0.3 is 0 Å². The Morgan fingerprint density at radius 1 is 1.29 bits per heavy atom. The van der Waals surface area contributed by atoms with E-state index in [0.717, 1.165) is 5.76 Å². The fraction of sp³-hybridized carbons (Fsp3) is 0.769. The van der Waals surface area contributed by atoms with Gasteiger partial charge in [0, 0.05) is 11.0 Å². The molecule has 98 valence electrons. The van der Waals surface area contributed by atoms with E-state index in [9.17, 15) is 5.11 Å². The third-order valence-corrected chi connectivity index (χ3v) is 3.09. The Morgan fingerprint density at radius 2 is 1.88 bits per heavy atom. The second-order valence-corrected chi connectivity index (χ2v) is 6.19. The molecule has 1 rings (SSSR count). The standard InChI is InChI=1S/C13H24N2O2/c1-12(2,3)10-7-14-11(17-10)8-15(6)13(4,5)9-16/h7,16H,8-9H2,1-6H3. The summed E-state index contributed by atoms with van der Waals surface area (Å²) in [6, 6.07) is 0. The van der Waals surface area contributed by atoms with Crippen LogP contribution in [-0.2, 0) is 12.0 Å². The Morgan fingerprint density at radius 3 is 2.29 bits per heavy atom. The number of hydrogen-bond acceptors (Lipinski definition) is 4. The maximum atomic E-state index is 9.28. The molecule has 17 heavy (non-hydrogen) atoms. The van der Waals surface area contributed by atoms with Crippen molar-refractivity contribution in [2.24, 2.45) is 0 Å². The SMILES string of the molecule is CN(Cc1ncc(C(C)(C)C)o1)C(C)(C)CO. The van der Waals surface area contributed by atoms with Crippen LogP contribution < -0.4 is 0 Å². The third-order valence-electron chi connectivity index (χ3n) is 3.09. The second kappa shape index (κ2) is 4.78. The minimum atomic E-state index is -0.267. The average molecular weight is 240 g/mol. The summed E-state index contributed by atoms with van der Waals surface area (Å²) in [7, 11) is 1.96. The zero-order chi connectivity index (χ0) is 13.3.